The van der Waals surface area contributed by atoms with Crippen LogP contribution in [-0.2, 0) is 4.79 Å². The number of methoxy groups -OCH3 is 1. The van der Waals surface area contributed by atoms with E-state index in [0.717, 1.165) is 11.3 Å². The summed E-state index contributed by atoms with van der Waals surface area (Å²) in [7, 11) is 1.60. The van der Waals surface area contributed by atoms with Crippen LogP contribution in [0.15, 0.2) is 53.3 Å². The van der Waals surface area contributed by atoms with Crippen molar-refractivity contribution in [2.24, 2.45) is 0 Å². The molecule has 0 radical (unpaired) electrons. The molecule has 7 heteroatoms. The summed E-state index contributed by atoms with van der Waals surface area (Å²) in [6.45, 7) is 0.504. The second-order valence-corrected chi connectivity index (χ2v) is 5.80. The maximum absolute atomic E-state index is 12.4. The molecule has 0 aliphatic carbocycles. The number of rotatable bonds is 4. The summed E-state index contributed by atoms with van der Waals surface area (Å²) >= 11 is 0. The van der Waals surface area contributed by atoms with Gasteiger partial charge in [0.15, 0.2) is 0 Å². The molecule has 1 aromatic carbocycles. The molecule has 1 unspecified atom stereocenters. The van der Waals surface area contributed by atoms with Crippen LogP contribution in [0, 0.1) is 0 Å². The van der Waals surface area contributed by atoms with Gasteiger partial charge in [-0.1, -0.05) is 11.2 Å². The monoisotopic (exact) mass is 336 g/mol. The fraction of sp³-hybridized carbons (Fsp3) is 0.222. The highest BCUT2D eigenvalue weighted by atomic mass is 16.5. The molecule has 0 bridgehead atoms. The molecule has 0 N–H and O–H groups in total. The smallest absolute Gasteiger partial charge is 0.232 e. The molecule has 1 saturated heterocycles. The topological polar surface area (TPSA) is 81.3 Å². The average Bonchev–Trinajstić information content (AvgIpc) is 3.29. The first-order chi connectivity index (χ1) is 12.2. The van der Waals surface area contributed by atoms with Crippen molar-refractivity contribution < 1.29 is 14.1 Å². The summed E-state index contributed by atoms with van der Waals surface area (Å²) < 4.78 is 10.6. The van der Waals surface area contributed by atoms with Crippen molar-refractivity contribution in [1.29, 1.82) is 0 Å². The highest BCUT2D eigenvalue weighted by Gasteiger charge is 2.35. The van der Waals surface area contributed by atoms with Gasteiger partial charge in [-0.05, 0) is 24.3 Å². The number of nitrogens with zero attached hydrogens (tertiary/aromatic N) is 4. The first-order valence-corrected chi connectivity index (χ1v) is 7.93. The van der Waals surface area contributed by atoms with Crippen molar-refractivity contribution in [3.63, 3.8) is 0 Å². The molecule has 1 fully saturated rings. The van der Waals surface area contributed by atoms with Gasteiger partial charge in [-0.25, -0.2) is 0 Å². The normalized spacial score (nSPS) is 17.1. The third-order valence-corrected chi connectivity index (χ3v) is 4.22. The molecule has 3 heterocycles. The molecule has 2 aromatic heterocycles. The minimum atomic E-state index is -0.123. The molecule has 1 aliphatic rings. The number of pyridine rings is 1. The van der Waals surface area contributed by atoms with Crippen LogP contribution in [0.3, 0.4) is 0 Å². The molecule has 126 valence electrons. The van der Waals surface area contributed by atoms with Crippen LogP contribution in [0.1, 0.15) is 18.2 Å². The van der Waals surface area contributed by atoms with Gasteiger partial charge < -0.3 is 14.2 Å². The average molecular weight is 336 g/mol. The van der Waals surface area contributed by atoms with Crippen LogP contribution < -0.4 is 9.64 Å². The van der Waals surface area contributed by atoms with E-state index in [9.17, 15) is 4.79 Å². The zero-order valence-corrected chi connectivity index (χ0v) is 13.6. The van der Waals surface area contributed by atoms with Crippen molar-refractivity contribution in [3.05, 3.63) is 54.7 Å². The van der Waals surface area contributed by atoms with Crippen LogP contribution in [0.4, 0.5) is 5.69 Å². The van der Waals surface area contributed by atoms with Gasteiger partial charge >= 0.3 is 0 Å². The predicted molar refractivity (Wildman–Crippen MR) is 90.2 cm³/mol. The Kier molecular flexibility index (Phi) is 3.89. The summed E-state index contributed by atoms with van der Waals surface area (Å²) in [5, 5.41) is 4.02. The number of benzene rings is 1. The molecule has 25 heavy (non-hydrogen) atoms. The minimum absolute atomic E-state index is 0.0296. The molecular formula is C18H16N4O3. The van der Waals surface area contributed by atoms with Gasteiger partial charge in [0.25, 0.3) is 0 Å². The largest absolute Gasteiger partial charge is 0.497 e. The fourth-order valence-electron chi connectivity index (χ4n) is 2.92. The molecule has 4 rings (SSSR count). The van der Waals surface area contributed by atoms with Crippen molar-refractivity contribution in [2.45, 2.75) is 12.3 Å². The number of ether oxygens (including phenoxy) is 1. The molecule has 0 saturated carbocycles. The van der Waals surface area contributed by atoms with Crippen LogP contribution in [0.5, 0.6) is 5.75 Å². The quantitative estimate of drug-likeness (QED) is 0.728. The second kappa shape index (κ2) is 6.35. The molecule has 1 aliphatic heterocycles. The van der Waals surface area contributed by atoms with E-state index in [1.54, 1.807) is 24.4 Å². The standard InChI is InChI=1S/C18H16N4O3/c1-24-15-4-2-3-14(10-15)22-11-13(9-16(22)23)18-20-17(21-25-18)12-5-7-19-8-6-12/h2-8,10,13H,9,11H2,1H3. The molecular weight excluding hydrogens is 320 g/mol. The van der Waals surface area contributed by atoms with Crippen molar-refractivity contribution in [1.82, 2.24) is 15.1 Å². The van der Waals surface area contributed by atoms with E-state index in [4.69, 9.17) is 9.26 Å². The lowest BCUT2D eigenvalue weighted by molar-refractivity contribution is -0.117. The van der Waals surface area contributed by atoms with Gasteiger partial charge in [-0.15, -0.1) is 0 Å². The molecule has 7 nitrogen and oxygen atoms in total. The van der Waals surface area contributed by atoms with E-state index in [1.807, 2.05) is 36.4 Å². The van der Waals surface area contributed by atoms with E-state index in [-0.39, 0.29) is 11.8 Å². The number of hydrogen-bond acceptors (Lipinski definition) is 6. The Labute approximate surface area is 144 Å². The van der Waals surface area contributed by atoms with Gasteiger partial charge in [-0.2, -0.15) is 4.98 Å². The first-order valence-electron chi connectivity index (χ1n) is 7.93. The number of carbonyl (C=O) groups excluding carboxylic acids is 1. The number of carbonyl (C=O) groups is 1. The molecule has 1 amide bonds. The number of anilines is 1. The van der Waals surface area contributed by atoms with Crippen LogP contribution in [0.2, 0.25) is 0 Å². The highest BCUT2D eigenvalue weighted by Crippen LogP contribution is 2.33. The van der Waals surface area contributed by atoms with E-state index < -0.39 is 0 Å². The van der Waals surface area contributed by atoms with Gasteiger partial charge in [0.05, 0.1) is 13.0 Å². The minimum Gasteiger partial charge on any atom is -0.497 e. The lowest BCUT2D eigenvalue weighted by Crippen LogP contribution is -2.24. The SMILES string of the molecule is COc1cccc(N2CC(c3nc(-c4ccncc4)no3)CC2=O)c1. The van der Waals surface area contributed by atoms with Crippen LogP contribution in [0.25, 0.3) is 11.4 Å². The van der Waals surface area contributed by atoms with E-state index in [2.05, 4.69) is 15.1 Å². The van der Waals surface area contributed by atoms with Crippen molar-refractivity contribution in [3.8, 4) is 17.1 Å². The zero-order chi connectivity index (χ0) is 17.2. The summed E-state index contributed by atoms with van der Waals surface area (Å²) in [6, 6.07) is 11.1. The Bertz CT molecular complexity index is 894. The molecule has 1 atom stereocenters. The van der Waals surface area contributed by atoms with Gasteiger partial charge in [0.1, 0.15) is 5.75 Å². The number of aromatic nitrogens is 3. The Hall–Kier alpha value is -3.22. The molecule has 3 aromatic rings. The van der Waals surface area contributed by atoms with Gasteiger partial charge in [0.2, 0.25) is 17.6 Å². The zero-order valence-electron chi connectivity index (χ0n) is 13.6. The molecule has 0 spiro atoms. The predicted octanol–water partition coefficient (Wildman–Crippen LogP) is 2.66. The van der Waals surface area contributed by atoms with Crippen molar-refractivity contribution >= 4 is 11.6 Å². The second-order valence-electron chi connectivity index (χ2n) is 5.80. The number of amides is 1. The lowest BCUT2D eigenvalue weighted by atomic mass is 10.1. The van der Waals surface area contributed by atoms with Crippen LogP contribution in [-0.4, -0.2) is 34.7 Å². The summed E-state index contributed by atoms with van der Waals surface area (Å²) in [6.07, 6.45) is 3.69. The van der Waals surface area contributed by atoms with E-state index in [0.29, 0.717) is 30.4 Å². The van der Waals surface area contributed by atoms with Gasteiger partial charge in [-0.3, -0.25) is 9.78 Å². The Morgan fingerprint density at radius 2 is 2.08 bits per heavy atom. The first kappa shape index (κ1) is 15.3. The third kappa shape index (κ3) is 2.96. The van der Waals surface area contributed by atoms with Crippen molar-refractivity contribution in [2.75, 3.05) is 18.6 Å². The highest BCUT2D eigenvalue weighted by molar-refractivity contribution is 5.96. The summed E-state index contributed by atoms with van der Waals surface area (Å²) in [5.74, 6) is 1.60. The maximum Gasteiger partial charge on any atom is 0.232 e. The van der Waals surface area contributed by atoms with Gasteiger partial charge in [0, 0.05) is 42.7 Å². The summed E-state index contributed by atoms with van der Waals surface area (Å²) in [4.78, 5) is 22.6. The Morgan fingerprint density at radius 3 is 2.88 bits per heavy atom. The summed E-state index contributed by atoms with van der Waals surface area (Å²) in [5.41, 5.74) is 1.64. The Morgan fingerprint density at radius 1 is 1.24 bits per heavy atom. The fourth-order valence-corrected chi connectivity index (χ4v) is 2.92. The Balaban J connectivity index is 1.55. The maximum atomic E-state index is 12.4. The van der Waals surface area contributed by atoms with E-state index >= 15 is 0 Å². The van der Waals surface area contributed by atoms with Crippen LogP contribution >= 0.6 is 0 Å². The van der Waals surface area contributed by atoms with E-state index in [1.165, 1.54) is 0 Å². The number of hydrogen-bond donors (Lipinski definition) is 0. The third-order valence-electron chi connectivity index (χ3n) is 4.22. The lowest BCUT2D eigenvalue weighted by Gasteiger charge is -2.16.